The molecule has 162 valence electrons. The van der Waals surface area contributed by atoms with Gasteiger partial charge in [-0.3, -0.25) is 9.36 Å². The predicted octanol–water partition coefficient (Wildman–Crippen LogP) is 6.30. The zero-order valence-electron chi connectivity index (χ0n) is 17.1. The van der Waals surface area contributed by atoms with Crippen LogP contribution in [0.1, 0.15) is 70.3 Å². The third kappa shape index (κ3) is 5.32. The fraction of sp³-hybridized carbons (Fsp3) is 0.591. The number of nitrogens with zero attached hydrogens (tertiary/aromatic N) is 3. The third-order valence-corrected chi connectivity index (χ3v) is 7.57. The van der Waals surface area contributed by atoms with E-state index in [1.807, 2.05) is 12.1 Å². The summed E-state index contributed by atoms with van der Waals surface area (Å²) in [5, 5.41) is 14.1. The second-order valence-electron chi connectivity index (χ2n) is 8.28. The summed E-state index contributed by atoms with van der Waals surface area (Å²) in [6.45, 7) is 0. The number of carbonyl (C=O) groups excluding carboxylic acids is 1. The van der Waals surface area contributed by atoms with Crippen molar-refractivity contribution in [2.45, 2.75) is 81.4 Å². The summed E-state index contributed by atoms with van der Waals surface area (Å²) < 4.78 is 2.20. The Bertz CT molecular complexity index is 876. The van der Waals surface area contributed by atoms with Gasteiger partial charge >= 0.3 is 0 Å². The molecule has 0 atom stereocenters. The number of hydrogen-bond acceptors (Lipinski definition) is 4. The van der Waals surface area contributed by atoms with Gasteiger partial charge in [-0.1, -0.05) is 73.5 Å². The molecular formula is C22H28Cl2N4OS. The summed E-state index contributed by atoms with van der Waals surface area (Å²) >= 11 is 14.0. The molecule has 2 fully saturated rings. The molecular weight excluding hydrogens is 439 g/mol. The third-order valence-electron chi connectivity index (χ3n) is 6.08. The number of hydrogen-bond donors (Lipinski definition) is 1. The first-order valence-corrected chi connectivity index (χ1v) is 12.7. The quantitative estimate of drug-likeness (QED) is 0.507. The highest BCUT2D eigenvalue weighted by Crippen LogP contribution is 2.38. The Morgan fingerprint density at radius 1 is 1.03 bits per heavy atom. The molecule has 1 aromatic heterocycles. The first kappa shape index (κ1) is 22.0. The van der Waals surface area contributed by atoms with Crippen LogP contribution < -0.4 is 5.32 Å². The van der Waals surface area contributed by atoms with E-state index >= 15 is 0 Å². The molecule has 8 heteroatoms. The van der Waals surface area contributed by atoms with E-state index in [9.17, 15) is 4.79 Å². The Morgan fingerprint density at radius 3 is 2.43 bits per heavy atom. The fourth-order valence-corrected chi connectivity index (χ4v) is 5.85. The molecule has 2 saturated carbocycles. The van der Waals surface area contributed by atoms with E-state index in [-0.39, 0.29) is 5.91 Å². The smallest absolute Gasteiger partial charge is 0.230 e. The number of benzene rings is 1. The highest BCUT2D eigenvalue weighted by molar-refractivity contribution is 7.99. The number of rotatable bonds is 6. The summed E-state index contributed by atoms with van der Waals surface area (Å²) in [6.07, 6.45) is 11.7. The molecule has 2 aliphatic carbocycles. The van der Waals surface area contributed by atoms with Gasteiger partial charge in [-0.25, -0.2) is 0 Å². The molecule has 30 heavy (non-hydrogen) atoms. The molecule has 2 aromatic rings. The second-order valence-corrected chi connectivity index (χ2v) is 10.1. The summed E-state index contributed by atoms with van der Waals surface area (Å²) in [5.74, 6) is 1.20. The normalized spacial score (nSPS) is 18.5. The maximum Gasteiger partial charge on any atom is 0.230 e. The van der Waals surface area contributed by atoms with Gasteiger partial charge in [-0.05, 0) is 43.9 Å². The lowest BCUT2D eigenvalue weighted by Gasteiger charge is -2.26. The first-order chi connectivity index (χ1) is 14.6. The van der Waals surface area contributed by atoms with Crippen LogP contribution in [0.5, 0.6) is 0 Å². The minimum absolute atomic E-state index is 0.0798. The van der Waals surface area contributed by atoms with Crippen LogP contribution in [0.2, 0.25) is 10.0 Å². The molecule has 0 saturated heterocycles. The van der Waals surface area contributed by atoms with Gasteiger partial charge in [0, 0.05) is 22.7 Å². The predicted molar refractivity (Wildman–Crippen MR) is 123 cm³/mol. The Hall–Kier alpha value is -1.24. The van der Waals surface area contributed by atoms with Crippen molar-refractivity contribution in [1.29, 1.82) is 0 Å². The van der Waals surface area contributed by atoms with Gasteiger partial charge in [0.05, 0.1) is 10.8 Å². The monoisotopic (exact) mass is 466 g/mol. The van der Waals surface area contributed by atoms with Crippen LogP contribution in [0.3, 0.4) is 0 Å². The van der Waals surface area contributed by atoms with Gasteiger partial charge in [-0.15, -0.1) is 10.2 Å². The van der Waals surface area contributed by atoms with Gasteiger partial charge in [0.2, 0.25) is 5.91 Å². The van der Waals surface area contributed by atoms with Gasteiger partial charge in [0.25, 0.3) is 0 Å². The van der Waals surface area contributed by atoms with Gasteiger partial charge < -0.3 is 5.32 Å². The highest BCUT2D eigenvalue weighted by Gasteiger charge is 2.25. The lowest BCUT2D eigenvalue weighted by Crippen LogP contribution is -2.37. The first-order valence-electron chi connectivity index (χ1n) is 10.9. The number of aromatic nitrogens is 3. The zero-order valence-corrected chi connectivity index (χ0v) is 19.4. The van der Waals surface area contributed by atoms with E-state index in [4.69, 9.17) is 23.2 Å². The van der Waals surface area contributed by atoms with Crippen LogP contribution >= 0.6 is 35.0 Å². The Kier molecular flexibility index (Phi) is 7.60. The van der Waals surface area contributed by atoms with E-state index in [1.165, 1.54) is 50.3 Å². The molecule has 0 radical (unpaired) electrons. The number of halogens is 2. The minimum Gasteiger partial charge on any atom is -0.353 e. The average molecular weight is 467 g/mol. The van der Waals surface area contributed by atoms with Crippen LogP contribution in [0.25, 0.3) is 11.4 Å². The van der Waals surface area contributed by atoms with E-state index in [0.717, 1.165) is 42.2 Å². The Labute approximate surface area is 192 Å². The molecule has 0 unspecified atom stereocenters. The molecule has 2 aliphatic rings. The van der Waals surface area contributed by atoms with Crippen LogP contribution in [-0.2, 0) is 4.79 Å². The Morgan fingerprint density at radius 2 is 1.73 bits per heavy atom. The summed E-state index contributed by atoms with van der Waals surface area (Å²) in [6, 6.07) is 6.12. The summed E-state index contributed by atoms with van der Waals surface area (Å²) in [7, 11) is 0. The molecule has 1 aromatic carbocycles. The van der Waals surface area contributed by atoms with E-state index < -0.39 is 0 Å². The number of nitrogens with one attached hydrogen (secondary N) is 1. The minimum atomic E-state index is 0.0798. The zero-order chi connectivity index (χ0) is 20.9. The molecule has 0 spiro atoms. The van der Waals surface area contributed by atoms with Gasteiger partial charge in [-0.2, -0.15) is 0 Å². The van der Waals surface area contributed by atoms with E-state index in [2.05, 4.69) is 20.1 Å². The highest BCUT2D eigenvalue weighted by atomic mass is 35.5. The van der Waals surface area contributed by atoms with Crippen molar-refractivity contribution >= 4 is 40.9 Å². The number of carbonyl (C=O) groups is 1. The van der Waals surface area contributed by atoms with Crippen molar-refractivity contribution in [1.82, 2.24) is 20.1 Å². The maximum atomic E-state index is 12.5. The lowest BCUT2D eigenvalue weighted by molar-refractivity contribution is -0.119. The molecule has 1 N–H and O–H groups in total. The van der Waals surface area contributed by atoms with Crippen molar-refractivity contribution in [3.8, 4) is 11.4 Å². The van der Waals surface area contributed by atoms with Crippen molar-refractivity contribution in [2.75, 3.05) is 5.75 Å². The molecule has 4 rings (SSSR count). The molecule has 0 bridgehead atoms. The molecule has 1 amide bonds. The van der Waals surface area contributed by atoms with Gasteiger partial charge in [0.1, 0.15) is 0 Å². The van der Waals surface area contributed by atoms with E-state index in [1.54, 1.807) is 6.07 Å². The fourth-order valence-electron chi connectivity index (χ4n) is 4.54. The van der Waals surface area contributed by atoms with Gasteiger partial charge in [0.15, 0.2) is 11.0 Å². The summed E-state index contributed by atoms with van der Waals surface area (Å²) in [4.78, 5) is 12.5. The second kappa shape index (κ2) is 10.4. The van der Waals surface area contributed by atoms with Crippen LogP contribution in [-0.4, -0.2) is 32.5 Å². The summed E-state index contributed by atoms with van der Waals surface area (Å²) in [5.41, 5.74) is 0.831. The molecule has 0 aliphatic heterocycles. The average Bonchev–Trinajstić information content (AvgIpc) is 3.17. The Balaban J connectivity index is 1.53. The molecule has 1 heterocycles. The van der Waals surface area contributed by atoms with Crippen LogP contribution in [0.4, 0.5) is 0 Å². The maximum absolute atomic E-state index is 12.5. The standard InChI is InChI=1S/C22H28Cl2N4OS/c23-15-11-12-18(19(24)13-15)21-26-27-22(28(21)17-9-5-2-6-10-17)30-14-20(29)25-16-7-3-1-4-8-16/h11-13,16-17H,1-10,14H2,(H,25,29). The van der Waals surface area contributed by atoms with Crippen LogP contribution in [0, 0.1) is 0 Å². The van der Waals surface area contributed by atoms with Crippen molar-refractivity contribution in [3.63, 3.8) is 0 Å². The SMILES string of the molecule is O=C(CSc1nnc(-c2ccc(Cl)cc2Cl)n1C1CCCCC1)NC1CCCCC1. The van der Waals surface area contributed by atoms with E-state index in [0.29, 0.717) is 27.9 Å². The van der Waals surface area contributed by atoms with Crippen molar-refractivity contribution in [3.05, 3.63) is 28.2 Å². The van der Waals surface area contributed by atoms with Crippen molar-refractivity contribution < 1.29 is 4.79 Å². The number of amides is 1. The molecule has 5 nitrogen and oxygen atoms in total. The topological polar surface area (TPSA) is 59.8 Å². The lowest BCUT2D eigenvalue weighted by atomic mass is 9.95. The number of thioether (sulfide) groups is 1. The van der Waals surface area contributed by atoms with Crippen LogP contribution in [0.15, 0.2) is 23.4 Å². The largest absolute Gasteiger partial charge is 0.353 e. The van der Waals surface area contributed by atoms with Crippen molar-refractivity contribution in [2.24, 2.45) is 0 Å².